The molecule has 2 aromatic carbocycles. The number of benzene rings is 2. The van der Waals surface area contributed by atoms with E-state index in [4.69, 9.17) is 5.26 Å². The van der Waals surface area contributed by atoms with E-state index in [9.17, 15) is 9.50 Å². The number of hydrogen-bond acceptors (Lipinski definition) is 3. The highest BCUT2D eigenvalue weighted by molar-refractivity contribution is 5.35. The molecule has 0 saturated heterocycles. The number of aliphatic hydroxyl groups excluding tert-OH is 1. The molecular formula is C20H18FN3O. The largest absolute Gasteiger partial charge is 0.392 e. The van der Waals surface area contributed by atoms with Gasteiger partial charge < -0.3 is 10.1 Å². The van der Waals surface area contributed by atoms with E-state index in [-0.39, 0.29) is 11.7 Å². The van der Waals surface area contributed by atoms with Crippen molar-refractivity contribution in [1.29, 1.82) is 5.26 Å². The standard InChI is InChI=1S/C20H18FN3O/c21-17-8-3-14(4-9-17)5-10-18(25)19(20-23-11-12-24-20)16-6-1-15(13-22)2-7-16/h1-4,6-9,11-12,18-19,25H,5,10H2,(H,23,24). The number of aliphatic hydroxyl groups is 1. The van der Waals surface area contributed by atoms with E-state index in [0.29, 0.717) is 24.2 Å². The van der Waals surface area contributed by atoms with Crippen LogP contribution in [0, 0.1) is 17.1 Å². The minimum absolute atomic E-state index is 0.268. The van der Waals surface area contributed by atoms with Crippen molar-refractivity contribution in [2.24, 2.45) is 0 Å². The quantitative estimate of drug-likeness (QED) is 0.723. The summed E-state index contributed by atoms with van der Waals surface area (Å²) in [6.45, 7) is 0. The van der Waals surface area contributed by atoms with Crippen molar-refractivity contribution in [3.05, 3.63) is 89.3 Å². The highest BCUT2D eigenvalue weighted by atomic mass is 19.1. The first-order valence-corrected chi connectivity index (χ1v) is 8.09. The predicted molar refractivity (Wildman–Crippen MR) is 92.3 cm³/mol. The van der Waals surface area contributed by atoms with Gasteiger partial charge >= 0.3 is 0 Å². The Morgan fingerprint density at radius 3 is 2.44 bits per heavy atom. The van der Waals surface area contributed by atoms with Crippen LogP contribution in [0.5, 0.6) is 0 Å². The van der Waals surface area contributed by atoms with Crippen molar-refractivity contribution < 1.29 is 9.50 Å². The van der Waals surface area contributed by atoms with E-state index in [1.54, 1.807) is 36.7 Å². The van der Waals surface area contributed by atoms with Crippen molar-refractivity contribution in [3.8, 4) is 6.07 Å². The molecule has 0 aliphatic heterocycles. The Hall–Kier alpha value is -2.97. The van der Waals surface area contributed by atoms with Gasteiger partial charge in [0.05, 0.1) is 23.7 Å². The molecule has 25 heavy (non-hydrogen) atoms. The Morgan fingerprint density at radius 1 is 1.12 bits per heavy atom. The van der Waals surface area contributed by atoms with Gasteiger partial charge in [-0.15, -0.1) is 0 Å². The molecule has 3 aromatic rings. The smallest absolute Gasteiger partial charge is 0.123 e. The van der Waals surface area contributed by atoms with Crippen LogP contribution in [0.15, 0.2) is 60.9 Å². The highest BCUT2D eigenvalue weighted by Crippen LogP contribution is 2.28. The summed E-state index contributed by atoms with van der Waals surface area (Å²) in [5, 5.41) is 19.7. The fourth-order valence-corrected chi connectivity index (χ4v) is 2.91. The molecular weight excluding hydrogens is 317 g/mol. The minimum Gasteiger partial charge on any atom is -0.392 e. The lowest BCUT2D eigenvalue weighted by Crippen LogP contribution is -2.21. The van der Waals surface area contributed by atoms with Crippen molar-refractivity contribution in [1.82, 2.24) is 9.97 Å². The van der Waals surface area contributed by atoms with Gasteiger partial charge in [-0.25, -0.2) is 9.37 Å². The lowest BCUT2D eigenvalue weighted by Gasteiger charge is -2.22. The second-order valence-electron chi connectivity index (χ2n) is 5.92. The first-order valence-electron chi connectivity index (χ1n) is 8.09. The van der Waals surface area contributed by atoms with Crippen LogP contribution >= 0.6 is 0 Å². The zero-order chi connectivity index (χ0) is 17.6. The van der Waals surface area contributed by atoms with Gasteiger partial charge in [0, 0.05) is 12.4 Å². The Kier molecular flexibility index (Phi) is 5.22. The van der Waals surface area contributed by atoms with Gasteiger partial charge in [-0.1, -0.05) is 24.3 Å². The maximum atomic E-state index is 13.0. The van der Waals surface area contributed by atoms with Crippen LogP contribution in [-0.4, -0.2) is 21.2 Å². The van der Waals surface area contributed by atoms with Gasteiger partial charge in [0.15, 0.2) is 0 Å². The molecule has 0 amide bonds. The molecule has 0 saturated carbocycles. The van der Waals surface area contributed by atoms with Gasteiger partial charge in [0.2, 0.25) is 0 Å². The van der Waals surface area contributed by atoms with E-state index in [0.717, 1.165) is 11.1 Å². The minimum atomic E-state index is -0.663. The van der Waals surface area contributed by atoms with Gasteiger partial charge in [-0.3, -0.25) is 0 Å². The highest BCUT2D eigenvalue weighted by Gasteiger charge is 2.25. The number of H-pyrrole nitrogens is 1. The third-order valence-corrected chi connectivity index (χ3v) is 4.24. The first-order chi connectivity index (χ1) is 12.2. The molecule has 4 nitrogen and oxygen atoms in total. The van der Waals surface area contributed by atoms with Gasteiger partial charge in [-0.05, 0) is 48.2 Å². The summed E-state index contributed by atoms with van der Waals surface area (Å²) >= 11 is 0. The lowest BCUT2D eigenvalue weighted by atomic mass is 9.89. The number of nitrogens with zero attached hydrogens (tertiary/aromatic N) is 2. The average molecular weight is 335 g/mol. The summed E-state index contributed by atoms with van der Waals surface area (Å²) in [5.41, 5.74) is 2.43. The van der Waals surface area contributed by atoms with Gasteiger partial charge in [0.25, 0.3) is 0 Å². The average Bonchev–Trinajstić information content (AvgIpc) is 3.16. The van der Waals surface area contributed by atoms with E-state index < -0.39 is 6.10 Å². The van der Waals surface area contributed by atoms with Crippen LogP contribution in [0.4, 0.5) is 4.39 Å². The van der Waals surface area contributed by atoms with Crippen molar-refractivity contribution >= 4 is 0 Å². The number of aryl methyl sites for hydroxylation is 1. The number of hydrogen-bond donors (Lipinski definition) is 2. The molecule has 1 heterocycles. The summed E-state index contributed by atoms with van der Waals surface area (Å²) in [6.07, 6.45) is 3.85. The van der Waals surface area contributed by atoms with Gasteiger partial charge in [0.1, 0.15) is 11.6 Å². The van der Waals surface area contributed by atoms with E-state index in [1.807, 2.05) is 12.1 Å². The van der Waals surface area contributed by atoms with Crippen molar-refractivity contribution in [2.75, 3.05) is 0 Å². The molecule has 1 aromatic heterocycles. The SMILES string of the molecule is N#Cc1ccc(C(c2ncc[nH]2)C(O)CCc2ccc(F)cc2)cc1. The molecule has 2 N–H and O–H groups in total. The van der Waals surface area contributed by atoms with Gasteiger partial charge in [-0.2, -0.15) is 5.26 Å². The third-order valence-electron chi connectivity index (χ3n) is 4.24. The summed E-state index contributed by atoms with van der Waals surface area (Å²) in [5.74, 6) is 0.0925. The van der Waals surface area contributed by atoms with Crippen LogP contribution in [0.25, 0.3) is 0 Å². The molecule has 3 rings (SSSR count). The number of rotatable bonds is 6. The van der Waals surface area contributed by atoms with Crippen LogP contribution in [0.1, 0.15) is 34.9 Å². The second kappa shape index (κ2) is 7.73. The molecule has 0 bridgehead atoms. The van der Waals surface area contributed by atoms with Crippen LogP contribution < -0.4 is 0 Å². The molecule has 126 valence electrons. The molecule has 2 atom stereocenters. The normalized spacial score (nSPS) is 13.2. The molecule has 0 fully saturated rings. The van der Waals surface area contributed by atoms with Crippen molar-refractivity contribution in [2.45, 2.75) is 24.9 Å². The summed E-state index contributed by atoms with van der Waals surface area (Å²) in [4.78, 5) is 7.36. The van der Waals surface area contributed by atoms with E-state index in [1.165, 1.54) is 12.1 Å². The summed E-state index contributed by atoms with van der Waals surface area (Å²) in [6, 6.07) is 15.5. The first kappa shape index (κ1) is 16.9. The molecule has 2 unspecified atom stereocenters. The van der Waals surface area contributed by atoms with Crippen molar-refractivity contribution in [3.63, 3.8) is 0 Å². The molecule has 0 aliphatic rings. The third kappa shape index (κ3) is 4.11. The zero-order valence-corrected chi connectivity index (χ0v) is 13.6. The van der Waals surface area contributed by atoms with Crippen LogP contribution in [-0.2, 0) is 6.42 Å². The number of aromatic amines is 1. The zero-order valence-electron chi connectivity index (χ0n) is 13.6. The maximum Gasteiger partial charge on any atom is 0.123 e. The molecule has 0 aliphatic carbocycles. The van der Waals surface area contributed by atoms with Crippen LogP contribution in [0.2, 0.25) is 0 Å². The fraction of sp³-hybridized carbons (Fsp3) is 0.200. The number of nitriles is 1. The van der Waals surface area contributed by atoms with E-state index >= 15 is 0 Å². The molecule has 5 heteroatoms. The molecule has 0 spiro atoms. The Labute approximate surface area is 145 Å². The maximum absolute atomic E-state index is 13.0. The number of aromatic nitrogens is 2. The number of imidazole rings is 1. The number of halogens is 1. The summed E-state index contributed by atoms with van der Waals surface area (Å²) < 4.78 is 13.0. The molecule has 0 radical (unpaired) electrons. The van der Waals surface area contributed by atoms with Crippen LogP contribution in [0.3, 0.4) is 0 Å². The topological polar surface area (TPSA) is 72.7 Å². The Balaban J connectivity index is 1.79. The monoisotopic (exact) mass is 335 g/mol. The summed E-state index contributed by atoms with van der Waals surface area (Å²) in [7, 11) is 0. The number of nitrogens with one attached hydrogen (secondary N) is 1. The van der Waals surface area contributed by atoms with E-state index in [2.05, 4.69) is 16.0 Å². The fourth-order valence-electron chi connectivity index (χ4n) is 2.91. The predicted octanol–water partition coefficient (Wildman–Crippen LogP) is 3.55. The second-order valence-corrected chi connectivity index (χ2v) is 5.92. The Bertz CT molecular complexity index is 836. The Morgan fingerprint density at radius 2 is 1.84 bits per heavy atom. The lowest BCUT2D eigenvalue weighted by molar-refractivity contribution is 0.144.